The standard InChI is InChI=1S/C48H60N6O6S2Si/c1-46(2,3)63(4,5)60-39(34-14-16-38(55)43-35(34)15-17-42(56)50-43)28-49-27-31-26-37-44(36-11-6-10-33(31)36)54(52-51-37)23-9-22-53-29-47(30-53)20-18-32(19-21-47)59-45(57)48(58,40-12-7-24-61-40)41-13-8-25-62-41/h7-8,12-17,24-26,32,39,49,55,58H,6,9-11,18-23,27-30H2,1-5H3,(H,50,56)/t39-/m0/s1. The van der Waals surface area contributed by atoms with Crippen LogP contribution in [0.4, 0.5) is 0 Å². The lowest BCUT2D eigenvalue weighted by Crippen LogP contribution is -2.58. The molecule has 0 bridgehead atoms. The third-order valence-corrected chi connectivity index (χ3v) is 20.8. The van der Waals surface area contributed by atoms with Gasteiger partial charge in [0, 0.05) is 44.2 Å². The molecule has 12 nitrogen and oxygen atoms in total. The van der Waals surface area contributed by atoms with Gasteiger partial charge in [-0.2, -0.15) is 0 Å². The van der Waals surface area contributed by atoms with Gasteiger partial charge in [-0.15, -0.1) is 27.8 Å². The molecule has 0 unspecified atom stereocenters. The molecule has 1 saturated carbocycles. The summed E-state index contributed by atoms with van der Waals surface area (Å²) in [5.74, 6) is -0.524. The highest BCUT2D eigenvalue weighted by Gasteiger charge is 2.48. The van der Waals surface area contributed by atoms with Crippen molar-refractivity contribution in [3.05, 3.63) is 108 Å². The Labute approximate surface area is 377 Å². The van der Waals surface area contributed by atoms with Gasteiger partial charge in [0.05, 0.1) is 26.9 Å². The van der Waals surface area contributed by atoms with Crippen LogP contribution in [0.2, 0.25) is 18.1 Å². The molecule has 0 amide bonds. The highest BCUT2D eigenvalue weighted by Crippen LogP contribution is 2.46. The molecular formula is C48H60N6O6S2Si. The summed E-state index contributed by atoms with van der Waals surface area (Å²) in [7, 11) is -2.22. The number of hydrogen-bond donors (Lipinski definition) is 4. The number of rotatable bonds is 15. The molecule has 2 aromatic carbocycles. The molecule has 334 valence electrons. The van der Waals surface area contributed by atoms with E-state index in [4.69, 9.17) is 14.3 Å². The van der Waals surface area contributed by atoms with Crippen molar-refractivity contribution in [2.24, 2.45) is 5.41 Å². The highest BCUT2D eigenvalue weighted by molar-refractivity contribution is 7.12. The summed E-state index contributed by atoms with van der Waals surface area (Å²) in [4.78, 5) is 32.3. The summed E-state index contributed by atoms with van der Waals surface area (Å²) in [6.45, 7) is 16.4. The molecule has 0 radical (unpaired) electrons. The number of thiophene rings is 2. The predicted octanol–water partition coefficient (Wildman–Crippen LogP) is 8.56. The number of phenols is 1. The Morgan fingerprint density at radius 1 is 1.02 bits per heavy atom. The molecule has 3 aliphatic rings. The zero-order valence-electron chi connectivity index (χ0n) is 37.0. The summed E-state index contributed by atoms with van der Waals surface area (Å²) in [6, 6.07) is 16.4. The first-order chi connectivity index (χ1) is 30.1. The average Bonchev–Trinajstić information content (AvgIpc) is 4.09. The molecule has 63 heavy (non-hydrogen) atoms. The Morgan fingerprint density at radius 2 is 1.73 bits per heavy atom. The molecule has 2 aliphatic carbocycles. The fourth-order valence-corrected chi connectivity index (χ4v) is 12.9. The van der Waals surface area contributed by atoms with E-state index in [9.17, 15) is 19.8 Å². The Bertz CT molecular complexity index is 2600. The van der Waals surface area contributed by atoms with Crippen LogP contribution in [-0.4, -0.2) is 81.7 Å². The number of carbonyl (C=O) groups is 1. The van der Waals surface area contributed by atoms with Crippen LogP contribution in [-0.2, 0) is 45.5 Å². The van der Waals surface area contributed by atoms with E-state index in [-0.39, 0.29) is 34.0 Å². The summed E-state index contributed by atoms with van der Waals surface area (Å²) in [6.07, 6.45) is 7.38. The summed E-state index contributed by atoms with van der Waals surface area (Å²) in [5.41, 5.74) is 5.78. The number of aromatic amines is 1. The number of nitrogens with zero attached hydrogens (tertiary/aromatic N) is 4. The van der Waals surface area contributed by atoms with Crippen LogP contribution in [0.1, 0.15) is 97.4 Å². The Balaban J connectivity index is 0.801. The average molecular weight is 909 g/mol. The van der Waals surface area contributed by atoms with E-state index in [0.29, 0.717) is 28.4 Å². The number of phenolic OH excluding ortho intramolecular Hbond substituents is 1. The van der Waals surface area contributed by atoms with Gasteiger partial charge in [-0.3, -0.25) is 4.79 Å². The molecule has 1 atom stereocenters. The third-order valence-electron chi connectivity index (χ3n) is 14.4. The van der Waals surface area contributed by atoms with Crippen molar-refractivity contribution in [2.75, 3.05) is 26.2 Å². The van der Waals surface area contributed by atoms with Gasteiger partial charge in [-0.25, -0.2) is 9.48 Å². The second-order valence-electron chi connectivity index (χ2n) is 19.6. The molecule has 4 N–H and O–H groups in total. The number of ether oxygens (including phenoxy) is 1. The molecule has 1 spiro atoms. The maximum absolute atomic E-state index is 13.5. The minimum Gasteiger partial charge on any atom is -0.506 e. The van der Waals surface area contributed by atoms with Crippen molar-refractivity contribution >= 4 is 58.9 Å². The number of nitrogens with one attached hydrogen (secondary N) is 2. The number of pyridine rings is 1. The number of H-pyrrole nitrogens is 1. The second kappa shape index (κ2) is 17.3. The van der Waals surface area contributed by atoms with Gasteiger partial charge < -0.3 is 34.6 Å². The van der Waals surface area contributed by atoms with Crippen molar-refractivity contribution in [1.82, 2.24) is 30.2 Å². The van der Waals surface area contributed by atoms with Crippen LogP contribution >= 0.6 is 22.7 Å². The minimum atomic E-state index is -2.22. The number of carbonyl (C=O) groups excluding carboxylic acids is 1. The third kappa shape index (κ3) is 8.58. The van der Waals surface area contributed by atoms with Crippen molar-refractivity contribution in [3.63, 3.8) is 0 Å². The van der Waals surface area contributed by atoms with E-state index in [1.165, 1.54) is 50.9 Å². The molecule has 15 heteroatoms. The number of hydrogen-bond acceptors (Lipinski definition) is 12. The quantitative estimate of drug-likeness (QED) is 0.0582. The number of aliphatic hydroxyl groups is 1. The predicted molar refractivity (Wildman–Crippen MR) is 252 cm³/mol. The van der Waals surface area contributed by atoms with Crippen molar-refractivity contribution in [3.8, 4) is 5.75 Å². The van der Waals surface area contributed by atoms with Crippen LogP contribution in [0.25, 0.3) is 21.9 Å². The van der Waals surface area contributed by atoms with Gasteiger partial charge in [-0.05, 0) is 145 Å². The first kappa shape index (κ1) is 44.0. The maximum atomic E-state index is 13.5. The molecular weight excluding hydrogens is 849 g/mol. The molecule has 1 saturated heterocycles. The lowest BCUT2D eigenvalue weighted by molar-refractivity contribution is -0.171. The highest BCUT2D eigenvalue weighted by atomic mass is 32.1. The Kier molecular flexibility index (Phi) is 12.1. The fourth-order valence-electron chi connectivity index (χ4n) is 9.96. The normalized spacial score (nSPS) is 17.7. The topological polar surface area (TPSA) is 155 Å². The molecule has 9 rings (SSSR count). The lowest BCUT2D eigenvalue weighted by Gasteiger charge is -2.53. The number of aromatic hydroxyl groups is 1. The number of fused-ring (bicyclic) bond motifs is 4. The molecule has 1 aliphatic heterocycles. The van der Waals surface area contributed by atoms with Crippen LogP contribution in [0, 0.1) is 5.41 Å². The Morgan fingerprint density at radius 3 is 2.41 bits per heavy atom. The van der Waals surface area contributed by atoms with Gasteiger partial charge in [0.15, 0.2) is 8.32 Å². The van der Waals surface area contributed by atoms with Gasteiger partial charge in [0.25, 0.3) is 0 Å². The molecule has 2 fully saturated rings. The monoisotopic (exact) mass is 908 g/mol. The van der Waals surface area contributed by atoms with E-state index >= 15 is 0 Å². The first-order valence-corrected chi connectivity index (χ1v) is 27.1. The first-order valence-electron chi connectivity index (χ1n) is 22.5. The van der Waals surface area contributed by atoms with Crippen LogP contribution in [0.3, 0.4) is 0 Å². The maximum Gasteiger partial charge on any atom is 0.349 e. The van der Waals surface area contributed by atoms with E-state index in [1.54, 1.807) is 24.3 Å². The lowest BCUT2D eigenvalue weighted by atomic mass is 9.68. The van der Waals surface area contributed by atoms with Crippen LogP contribution < -0.4 is 10.9 Å². The smallest absolute Gasteiger partial charge is 0.349 e. The van der Waals surface area contributed by atoms with Gasteiger partial charge >= 0.3 is 5.97 Å². The van der Waals surface area contributed by atoms with Crippen molar-refractivity contribution in [1.29, 1.82) is 0 Å². The van der Waals surface area contributed by atoms with E-state index in [0.717, 1.165) is 94.0 Å². The zero-order chi connectivity index (χ0) is 44.1. The number of aryl methyl sites for hydroxylation is 2. The number of benzene rings is 2. The van der Waals surface area contributed by atoms with Crippen LogP contribution in [0.15, 0.2) is 70.2 Å². The van der Waals surface area contributed by atoms with E-state index in [1.807, 2.05) is 29.0 Å². The van der Waals surface area contributed by atoms with Gasteiger partial charge in [-0.1, -0.05) is 44.2 Å². The largest absolute Gasteiger partial charge is 0.506 e. The SMILES string of the molecule is CC(C)(C)[Si](C)(C)O[C@@H](CNCc1cc2nnn(CCCN3CC4(CCC(OC(=O)C(O)(c5cccs5)c5cccs5)CC4)C3)c2c2c1CCC2)c1ccc(O)c2[nH]c(=O)ccc12. The number of aromatic nitrogens is 4. The van der Waals surface area contributed by atoms with Crippen molar-refractivity contribution in [2.45, 2.75) is 121 Å². The summed E-state index contributed by atoms with van der Waals surface area (Å²) >= 11 is 2.74. The molecule has 5 heterocycles. The second-order valence-corrected chi connectivity index (χ2v) is 26.3. The molecule has 4 aromatic heterocycles. The van der Waals surface area contributed by atoms with Crippen LogP contribution in [0.5, 0.6) is 5.75 Å². The van der Waals surface area contributed by atoms with Gasteiger partial charge in [0.1, 0.15) is 17.4 Å². The van der Waals surface area contributed by atoms with E-state index in [2.05, 4.69) is 65.0 Å². The summed E-state index contributed by atoms with van der Waals surface area (Å²) < 4.78 is 15.2. The number of likely N-dealkylation sites (tertiary alicyclic amines) is 1. The summed E-state index contributed by atoms with van der Waals surface area (Å²) in [5, 5.41) is 40.0. The van der Waals surface area contributed by atoms with Gasteiger partial charge in [0.2, 0.25) is 11.2 Å². The minimum absolute atomic E-state index is 0.00746. The van der Waals surface area contributed by atoms with Crippen molar-refractivity contribution < 1.29 is 24.2 Å². The Hall–Kier alpha value is -4.22. The fraction of sp³-hybridized carbons (Fsp3) is 0.500. The zero-order valence-corrected chi connectivity index (χ0v) is 39.7. The van der Waals surface area contributed by atoms with E-state index < -0.39 is 19.9 Å². The number of esters is 1. The molecule has 6 aromatic rings.